The van der Waals surface area contributed by atoms with Crippen LogP contribution in [0.25, 0.3) is 11.4 Å². The summed E-state index contributed by atoms with van der Waals surface area (Å²) < 4.78 is 30.2. The molecule has 0 bridgehead atoms. The normalized spacial score (nSPS) is 12.4. The molecule has 0 fully saturated rings. The molecule has 0 atom stereocenters. The second-order valence-corrected chi connectivity index (χ2v) is 7.73. The van der Waals surface area contributed by atoms with E-state index in [9.17, 15) is 8.42 Å². The standard InChI is InChI=1S/C13H17ClN4O3S/c1-13(2,18-22(3,19)20)8-15-12-16-11(17-21-12)9-5-4-6-10(14)7-9/h4-7,18H,8H2,1-3H3,(H,15,16,17). The van der Waals surface area contributed by atoms with Gasteiger partial charge in [0, 0.05) is 22.7 Å². The minimum absolute atomic E-state index is 0.207. The van der Waals surface area contributed by atoms with E-state index in [1.807, 2.05) is 6.07 Å². The van der Waals surface area contributed by atoms with Crippen molar-refractivity contribution in [1.29, 1.82) is 0 Å². The Kier molecular flexibility index (Phi) is 4.74. The summed E-state index contributed by atoms with van der Waals surface area (Å²) in [7, 11) is -3.30. The largest absolute Gasteiger partial charge is 0.336 e. The summed E-state index contributed by atoms with van der Waals surface area (Å²) in [4.78, 5) is 4.20. The average Bonchev–Trinajstić information content (AvgIpc) is 2.82. The van der Waals surface area contributed by atoms with E-state index in [4.69, 9.17) is 16.1 Å². The molecule has 120 valence electrons. The summed E-state index contributed by atoms with van der Waals surface area (Å²) in [6, 6.07) is 7.30. The lowest BCUT2D eigenvalue weighted by atomic mass is 10.1. The molecule has 1 aromatic heterocycles. The fourth-order valence-electron chi connectivity index (χ4n) is 1.87. The Bertz CT molecular complexity index is 758. The van der Waals surface area contributed by atoms with Crippen molar-refractivity contribution in [3.8, 4) is 11.4 Å². The second-order valence-electron chi connectivity index (χ2n) is 5.55. The predicted molar refractivity (Wildman–Crippen MR) is 85.3 cm³/mol. The van der Waals surface area contributed by atoms with E-state index in [0.717, 1.165) is 11.8 Å². The Morgan fingerprint density at radius 3 is 2.73 bits per heavy atom. The number of benzene rings is 1. The van der Waals surface area contributed by atoms with Gasteiger partial charge in [0.05, 0.1) is 6.26 Å². The first-order valence-electron chi connectivity index (χ1n) is 6.47. The van der Waals surface area contributed by atoms with Crippen molar-refractivity contribution in [2.45, 2.75) is 19.4 Å². The van der Waals surface area contributed by atoms with Crippen molar-refractivity contribution in [3.05, 3.63) is 29.3 Å². The number of nitrogens with zero attached hydrogens (tertiary/aromatic N) is 2. The Hall–Kier alpha value is -1.64. The molecule has 0 spiro atoms. The molecule has 2 aromatic rings. The molecule has 0 radical (unpaired) electrons. The molecule has 0 saturated carbocycles. The van der Waals surface area contributed by atoms with Crippen molar-refractivity contribution in [2.24, 2.45) is 0 Å². The molecule has 7 nitrogen and oxygen atoms in total. The van der Waals surface area contributed by atoms with Crippen LogP contribution in [0.2, 0.25) is 5.02 Å². The van der Waals surface area contributed by atoms with Gasteiger partial charge in [-0.25, -0.2) is 13.1 Å². The van der Waals surface area contributed by atoms with Gasteiger partial charge >= 0.3 is 6.01 Å². The van der Waals surface area contributed by atoms with Crippen LogP contribution in [0.5, 0.6) is 0 Å². The zero-order chi connectivity index (χ0) is 16.4. The van der Waals surface area contributed by atoms with Crippen LogP contribution in [0.3, 0.4) is 0 Å². The number of aromatic nitrogens is 2. The van der Waals surface area contributed by atoms with E-state index < -0.39 is 15.6 Å². The Labute approximate surface area is 134 Å². The molecule has 2 N–H and O–H groups in total. The van der Waals surface area contributed by atoms with E-state index in [-0.39, 0.29) is 12.6 Å². The molecule has 1 heterocycles. The average molecular weight is 345 g/mol. The van der Waals surface area contributed by atoms with Gasteiger partial charge < -0.3 is 9.84 Å². The summed E-state index contributed by atoms with van der Waals surface area (Å²) in [5.41, 5.74) is 0.0379. The highest BCUT2D eigenvalue weighted by Crippen LogP contribution is 2.21. The molecule has 0 unspecified atom stereocenters. The zero-order valence-corrected chi connectivity index (χ0v) is 14.0. The van der Waals surface area contributed by atoms with Crippen molar-refractivity contribution in [2.75, 3.05) is 18.1 Å². The van der Waals surface area contributed by atoms with E-state index in [1.165, 1.54) is 0 Å². The highest BCUT2D eigenvalue weighted by Gasteiger charge is 2.22. The van der Waals surface area contributed by atoms with Crippen LogP contribution >= 0.6 is 11.6 Å². The number of nitrogens with one attached hydrogen (secondary N) is 2. The number of halogens is 1. The maximum Gasteiger partial charge on any atom is 0.321 e. The fourth-order valence-corrected chi connectivity index (χ4v) is 3.14. The Morgan fingerprint density at radius 1 is 1.36 bits per heavy atom. The topological polar surface area (TPSA) is 97.1 Å². The van der Waals surface area contributed by atoms with Crippen molar-refractivity contribution in [1.82, 2.24) is 14.9 Å². The number of hydrogen-bond donors (Lipinski definition) is 2. The maximum absolute atomic E-state index is 11.3. The van der Waals surface area contributed by atoms with Crippen LogP contribution < -0.4 is 10.0 Å². The van der Waals surface area contributed by atoms with Gasteiger partial charge in [0.25, 0.3) is 0 Å². The monoisotopic (exact) mass is 344 g/mol. The number of anilines is 1. The van der Waals surface area contributed by atoms with Gasteiger partial charge in [-0.3, -0.25) is 0 Å². The molecule has 2 rings (SSSR count). The summed E-state index contributed by atoms with van der Waals surface area (Å²) in [6.07, 6.45) is 1.11. The number of sulfonamides is 1. The molecule has 0 aliphatic rings. The summed E-state index contributed by atoms with van der Waals surface area (Å²) >= 11 is 5.92. The Morgan fingerprint density at radius 2 is 2.09 bits per heavy atom. The van der Waals surface area contributed by atoms with E-state index >= 15 is 0 Å². The van der Waals surface area contributed by atoms with Crippen molar-refractivity contribution >= 4 is 27.6 Å². The third kappa shape index (κ3) is 4.97. The molecular weight excluding hydrogens is 328 g/mol. The fraction of sp³-hybridized carbons (Fsp3) is 0.385. The predicted octanol–water partition coefficient (Wildman–Crippen LogP) is 2.13. The lowest BCUT2D eigenvalue weighted by molar-refractivity contribution is 0.420. The molecule has 9 heteroatoms. The summed E-state index contributed by atoms with van der Waals surface area (Å²) in [6.45, 7) is 3.78. The van der Waals surface area contributed by atoms with Gasteiger partial charge in [0.2, 0.25) is 15.8 Å². The molecule has 0 saturated heterocycles. The zero-order valence-electron chi connectivity index (χ0n) is 12.4. The molecule has 1 aromatic carbocycles. The van der Waals surface area contributed by atoms with Gasteiger partial charge in [-0.15, -0.1) is 0 Å². The van der Waals surface area contributed by atoms with E-state index in [0.29, 0.717) is 10.8 Å². The van der Waals surface area contributed by atoms with Gasteiger partial charge in [0.1, 0.15) is 0 Å². The van der Waals surface area contributed by atoms with Gasteiger partial charge in [0.15, 0.2) is 0 Å². The SMILES string of the molecule is CC(C)(CNc1nc(-c2cccc(Cl)c2)no1)NS(C)(=O)=O. The van der Waals surface area contributed by atoms with Crippen LogP contribution in [-0.2, 0) is 10.0 Å². The summed E-state index contributed by atoms with van der Waals surface area (Å²) in [5.74, 6) is 0.402. The smallest absolute Gasteiger partial charge is 0.321 e. The summed E-state index contributed by atoms with van der Waals surface area (Å²) in [5, 5.41) is 7.35. The molecule has 22 heavy (non-hydrogen) atoms. The van der Waals surface area contributed by atoms with Crippen molar-refractivity contribution in [3.63, 3.8) is 0 Å². The minimum Gasteiger partial charge on any atom is -0.336 e. The first-order chi connectivity index (χ1) is 10.1. The third-order valence-electron chi connectivity index (χ3n) is 2.65. The van der Waals surface area contributed by atoms with Crippen LogP contribution in [0.4, 0.5) is 6.01 Å². The first kappa shape index (κ1) is 16.7. The Balaban J connectivity index is 2.04. The molecule has 0 aliphatic heterocycles. The second kappa shape index (κ2) is 6.23. The van der Waals surface area contributed by atoms with Gasteiger partial charge in [-0.2, -0.15) is 4.98 Å². The highest BCUT2D eigenvalue weighted by atomic mass is 35.5. The van der Waals surface area contributed by atoms with E-state index in [1.54, 1.807) is 32.0 Å². The first-order valence-corrected chi connectivity index (χ1v) is 8.74. The van der Waals surface area contributed by atoms with Crippen LogP contribution in [-0.4, -0.2) is 36.9 Å². The molecular formula is C13H17ClN4O3S. The van der Waals surface area contributed by atoms with E-state index in [2.05, 4.69) is 20.2 Å². The maximum atomic E-state index is 11.3. The van der Waals surface area contributed by atoms with Crippen LogP contribution in [0, 0.1) is 0 Å². The lowest BCUT2D eigenvalue weighted by Gasteiger charge is -2.24. The highest BCUT2D eigenvalue weighted by molar-refractivity contribution is 7.88. The minimum atomic E-state index is -3.30. The molecule has 0 aliphatic carbocycles. The van der Waals surface area contributed by atoms with Gasteiger partial charge in [-0.1, -0.05) is 28.9 Å². The molecule has 0 amide bonds. The number of hydrogen-bond acceptors (Lipinski definition) is 6. The van der Waals surface area contributed by atoms with Crippen LogP contribution in [0.15, 0.2) is 28.8 Å². The van der Waals surface area contributed by atoms with Crippen molar-refractivity contribution < 1.29 is 12.9 Å². The van der Waals surface area contributed by atoms with Gasteiger partial charge in [-0.05, 0) is 26.0 Å². The third-order valence-corrected chi connectivity index (χ3v) is 3.81. The van der Waals surface area contributed by atoms with Crippen LogP contribution in [0.1, 0.15) is 13.8 Å². The number of rotatable bonds is 6. The quantitative estimate of drug-likeness (QED) is 0.833. The lowest BCUT2D eigenvalue weighted by Crippen LogP contribution is -2.47.